The van der Waals surface area contributed by atoms with Gasteiger partial charge in [-0.25, -0.2) is 0 Å². The molecule has 30 heavy (non-hydrogen) atoms. The molecule has 2 amide bonds. The first-order valence-electron chi connectivity index (χ1n) is 10.5. The Hall–Kier alpha value is -3.35. The van der Waals surface area contributed by atoms with E-state index in [0.29, 0.717) is 18.7 Å². The second kappa shape index (κ2) is 7.82. The van der Waals surface area contributed by atoms with Crippen LogP contribution in [0.4, 0.5) is 0 Å². The van der Waals surface area contributed by atoms with Crippen molar-refractivity contribution in [2.24, 2.45) is 0 Å². The number of likely N-dealkylation sites (tertiary alicyclic amines) is 2. The molecule has 0 bridgehead atoms. The van der Waals surface area contributed by atoms with Gasteiger partial charge >= 0.3 is 0 Å². The lowest BCUT2D eigenvalue weighted by Crippen LogP contribution is -2.47. The monoisotopic (exact) mass is 404 g/mol. The zero-order chi connectivity index (χ0) is 20.5. The third-order valence-corrected chi connectivity index (χ3v) is 5.95. The first-order valence-corrected chi connectivity index (χ1v) is 10.5. The van der Waals surface area contributed by atoms with Crippen LogP contribution in [0.2, 0.25) is 0 Å². The summed E-state index contributed by atoms with van der Waals surface area (Å²) in [4.78, 5) is 30.2. The SMILES string of the molecule is O=C(C1CC(Oc2ccccc2)CN1C(=O)c1n[nH]c2ccccc12)N1CCCC1. The molecule has 0 aliphatic carbocycles. The van der Waals surface area contributed by atoms with Crippen molar-refractivity contribution in [3.63, 3.8) is 0 Å². The van der Waals surface area contributed by atoms with Crippen LogP contribution in [0.15, 0.2) is 54.6 Å². The van der Waals surface area contributed by atoms with Crippen LogP contribution in [-0.2, 0) is 4.79 Å². The lowest BCUT2D eigenvalue weighted by molar-refractivity contribution is -0.134. The van der Waals surface area contributed by atoms with Gasteiger partial charge in [0.15, 0.2) is 5.69 Å². The van der Waals surface area contributed by atoms with Gasteiger partial charge in [-0.1, -0.05) is 36.4 Å². The van der Waals surface area contributed by atoms with Gasteiger partial charge in [-0.15, -0.1) is 0 Å². The van der Waals surface area contributed by atoms with Gasteiger partial charge in [0.2, 0.25) is 5.91 Å². The minimum Gasteiger partial charge on any atom is -0.488 e. The van der Waals surface area contributed by atoms with E-state index in [2.05, 4.69) is 10.2 Å². The van der Waals surface area contributed by atoms with Crippen molar-refractivity contribution < 1.29 is 14.3 Å². The van der Waals surface area contributed by atoms with E-state index in [0.717, 1.165) is 42.6 Å². The molecule has 1 N–H and O–H groups in total. The fourth-order valence-electron chi connectivity index (χ4n) is 4.44. The quantitative estimate of drug-likeness (QED) is 0.725. The molecule has 5 rings (SSSR count). The maximum atomic E-state index is 13.5. The number of nitrogens with zero attached hydrogens (tertiary/aromatic N) is 3. The lowest BCUT2D eigenvalue weighted by Gasteiger charge is -2.26. The molecule has 7 heteroatoms. The highest BCUT2D eigenvalue weighted by Crippen LogP contribution is 2.28. The summed E-state index contributed by atoms with van der Waals surface area (Å²) >= 11 is 0. The van der Waals surface area contributed by atoms with Crippen LogP contribution in [0.1, 0.15) is 29.8 Å². The zero-order valence-corrected chi connectivity index (χ0v) is 16.7. The number of benzene rings is 2. The van der Waals surface area contributed by atoms with E-state index in [1.54, 1.807) is 4.90 Å². The predicted octanol–water partition coefficient (Wildman–Crippen LogP) is 2.85. The molecule has 2 aromatic carbocycles. The van der Waals surface area contributed by atoms with E-state index in [9.17, 15) is 9.59 Å². The molecule has 1 aromatic heterocycles. The number of para-hydroxylation sites is 2. The molecule has 7 nitrogen and oxygen atoms in total. The molecule has 3 heterocycles. The average Bonchev–Trinajstić information content (AvgIpc) is 3.53. The Morgan fingerprint density at radius 3 is 2.53 bits per heavy atom. The molecular weight excluding hydrogens is 380 g/mol. The van der Waals surface area contributed by atoms with Crippen LogP contribution in [0.3, 0.4) is 0 Å². The molecule has 2 fully saturated rings. The van der Waals surface area contributed by atoms with Crippen LogP contribution in [0.25, 0.3) is 10.9 Å². The molecule has 0 radical (unpaired) electrons. The Kier molecular flexibility index (Phi) is 4.86. The van der Waals surface area contributed by atoms with Gasteiger partial charge in [0.25, 0.3) is 5.91 Å². The summed E-state index contributed by atoms with van der Waals surface area (Å²) in [5.41, 5.74) is 1.16. The molecule has 0 spiro atoms. The van der Waals surface area contributed by atoms with Crippen molar-refractivity contribution in [3.8, 4) is 5.75 Å². The van der Waals surface area contributed by atoms with Crippen molar-refractivity contribution in [2.75, 3.05) is 19.6 Å². The Bertz CT molecular complexity index is 1060. The molecule has 2 saturated heterocycles. The minimum atomic E-state index is -0.528. The van der Waals surface area contributed by atoms with Crippen molar-refractivity contribution in [1.82, 2.24) is 20.0 Å². The number of amides is 2. The summed E-state index contributed by atoms with van der Waals surface area (Å²) in [6.07, 6.45) is 2.28. The van der Waals surface area contributed by atoms with E-state index in [1.807, 2.05) is 59.5 Å². The molecular formula is C23H24N4O3. The Morgan fingerprint density at radius 1 is 1.00 bits per heavy atom. The number of hydrogen-bond donors (Lipinski definition) is 1. The molecule has 2 aliphatic heterocycles. The third-order valence-electron chi connectivity index (χ3n) is 5.95. The Balaban J connectivity index is 1.43. The summed E-state index contributed by atoms with van der Waals surface area (Å²) in [7, 11) is 0. The number of aromatic amines is 1. The lowest BCUT2D eigenvalue weighted by atomic mass is 10.1. The first-order chi connectivity index (χ1) is 14.7. The van der Waals surface area contributed by atoms with Crippen molar-refractivity contribution in [2.45, 2.75) is 31.4 Å². The molecule has 2 atom stereocenters. The largest absolute Gasteiger partial charge is 0.488 e. The van der Waals surface area contributed by atoms with E-state index in [-0.39, 0.29) is 17.9 Å². The van der Waals surface area contributed by atoms with E-state index >= 15 is 0 Å². The average molecular weight is 404 g/mol. The second-order valence-corrected chi connectivity index (χ2v) is 7.91. The van der Waals surface area contributed by atoms with E-state index < -0.39 is 6.04 Å². The highest BCUT2D eigenvalue weighted by Gasteiger charge is 2.43. The highest BCUT2D eigenvalue weighted by atomic mass is 16.5. The fraction of sp³-hybridized carbons (Fsp3) is 0.348. The summed E-state index contributed by atoms with van der Waals surface area (Å²) in [6, 6.07) is 16.5. The second-order valence-electron chi connectivity index (χ2n) is 7.91. The fourth-order valence-corrected chi connectivity index (χ4v) is 4.44. The topological polar surface area (TPSA) is 78.5 Å². The maximum absolute atomic E-state index is 13.5. The normalized spacial score (nSPS) is 21.3. The summed E-state index contributed by atoms with van der Waals surface area (Å²) in [6.45, 7) is 1.87. The Labute approximate surface area is 174 Å². The number of fused-ring (bicyclic) bond motifs is 1. The standard InChI is InChI=1S/C23H24N4O3/c28-22(26-12-6-7-13-26)20-14-17(30-16-8-2-1-3-9-16)15-27(20)23(29)21-18-10-4-5-11-19(18)24-25-21/h1-5,8-11,17,20H,6-7,12-15H2,(H,24,25). The number of hydrogen-bond acceptors (Lipinski definition) is 4. The van der Waals surface area contributed by atoms with Crippen molar-refractivity contribution in [1.29, 1.82) is 0 Å². The number of H-pyrrole nitrogens is 1. The molecule has 2 unspecified atom stereocenters. The van der Waals surface area contributed by atoms with Crippen molar-refractivity contribution >= 4 is 22.7 Å². The molecule has 2 aliphatic rings. The predicted molar refractivity (Wildman–Crippen MR) is 112 cm³/mol. The number of ether oxygens (including phenoxy) is 1. The van der Waals surface area contributed by atoms with Crippen LogP contribution < -0.4 is 4.74 Å². The molecule has 3 aromatic rings. The maximum Gasteiger partial charge on any atom is 0.275 e. The van der Waals surface area contributed by atoms with Gasteiger partial charge < -0.3 is 14.5 Å². The molecule has 154 valence electrons. The van der Waals surface area contributed by atoms with Gasteiger partial charge in [0.1, 0.15) is 17.9 Å². The number of rotatable bonds is 4. The minimum absolute atomic E-state index is 0.0138. The van der Waals surface area contributed by atoms with Crippen LogP contribution >= 0.6 is 0 Å². The highest BCUT2D eigenvalue weighted by molar-refractivity contribution is 6.06. The van der Waals surface area contributed by atoms with E-state index in [4.69, 9.17) is 4.74 Å². The van der Waals surface area contributed by atoms with Crippen molar-refractivity contribution in [3.05, 3.63) is 60.3 Å². The van der Waals surface area contributed by atoms with Crippen LogP contribution in [0.5, 0.6) is 5.75 Å². The van der Waals surface area contributed by atoms with Crippen LogP contribution in [0, 0.1) is 0 Å². The van der Waals surface area contributed by atoms with Gasteiger partial charge in [-0.2, -0.15) is 5.10 Å². The smallest absolute Gasteiger partial charge is 0.275 e. The van der Waals surface area contributed by atoms with Crippen LogP contribution in [-0.4, -0.2) is 63.6 Å². The van der Waals surface area contributed by atoms with Gasteiger partial charge in [0, 0.05) is 24.9 Å². The number of nitrogens with one attached hydrogen (secondary N) is 1. The Morgan fingerprint density at radius 2 is 1.73 bits per heavy atom. The van der Waals surface area contributed by atoms with Gasteiger partial charge in [-0.3, -0.25) is 14.7 Å². The first kappa shape index (κ1) is 18.7. The van der Waals surface area contributed by atoms with Gasteiger partial charge in [0.05, 0.1) is 12.1 Å². The number of carbonyl (C=O) groups excluding carboxylic acids is 2. The third kappa shape index (κ3) is 3.40. The number of aromatic nitrogens is 2. The number of carbonyl (C=O) groups is 2. The summed E-state index contributed by atoms with van der Waals surface area (Å²) in [5, 5.41) is 7.94. The zero-order valence-electron chi connectivity index (χ0n) is 16.7. The molecule has 0 saturated carbocycles. The summed E-state index contributed by atoms with van der Waals surface area (Å²) < 4.78 is 6.11. The summed E-state index contributed by atoms with van der Waals surface area (Å²) in [5.74, 6) is 0.526. The van der Waals surface area contributed by atoms with Gasteiger partial charge in [-0.05, 0) is 31.0 Å². The van der Waals surface area contributed by atoms with E-state index in [1.165, 1.54) is 0 Å².